The van der Waals surface area contributed by atoms with Crippen molar-refractivity contribution in [1.82, 2.24) is 9.78 Å². The van der Waals surface area contributed by atoms with Crippen LogP contribution < -0.4 is 5.32 Å². The Hall–Kier alpha value is -3.58. The third kappa shape index (κ3) is 3.06. The molecule has 0 amide bonds. The summed E-state index contributed by atoms with van der Waals surface area (Å²) in [5.74, 6) is -1.12. The SMILES string of the molecule is N#CC(C#N)=CNc1cc(-n2cccn2)ccc1C(=O)O. The Kier molecular flexibility index (Phi) is 3.98. The first-order chi connectivity index (χ1) is 10.2. The second-order valence-electron chi connectivity index (χ2n) is 3.91. The molecule has 2 rings (SSSR count). The van der Waals surface area contributed by atoms with Crippen LogP contribution in [0.4, 0.5) is 5.69 Å². The molecule has 2 N–H and O–H groups in total. The van der Waals surface area contributed by atoms with E-state index >= 15 is 0 Å². The van der Waals surface area contributed by atoms with Gasteiger partial charge in [-0.05, 0) is 24.3 Å². The van der Waals surface area contributed by atoms with Gasteiger partial charge in [-0.3, -0.25) is 0 Å². The lowest BCUT2D eigenvalue weighted by Gasteiger charge is -2.09. The summed E-state index contributed by atoms with van der Waals surface area (Å²) in [6.07, 6.45) is 4.47. The van der Waals surface area contributed by atoms with Crippen LogP contribution in [0.5, 0.6) is 0 Å². The second-order valence-corrected chi connectivity index (χ2v) is 3.91. The van der Waals surface area contributed by atoms with E-state index in [1.807, 2.05) is 0 Å². The summed E-state index contributed by atoms with van der Waals surface area (Å²) in [5, 5.41) is 33.2. The predicted molar refractivity (Wildman–Crippen MR) is 73.5 cm³/mol. The third-order valence-electron chi connectivity index (χ3n) is 2.62. The largest absolute Gasteiger partial charge is 0.478 e. The quantitative estimate of drug-likeness (QED) is 0.826. The molecule has 1 aromatic carbocycles. The predicted octanol–water partition coefficient (Wildman–Crippen LogP) is 1.91. The molecule has 0 aliphatic rings. The van der Waals surface area contributed by atoms with E-state index in [1.54, 1.807) is 47.4 Å². The van der Waals surface area contributed by atoms with Gasteiger partial charge in [0, 0.05) is 18.6 Å². The maximum Gasteiger partial charge on any atom is 0.337 e. The number of aromatic nitrogens is 2. The molecular weight excluding hydrogens is 270 g/mol. The smallest absolute Gasteiger partial charge is 0.337 e. The Morgan fingerprint density at radius 2 is 2.14 bits per heavy atom. The zero-order valence-corrected chi connectivity index (χ0v) is 10.7. The minimum Gasteiger partial charge on any atom is -0.478 e. The van der Waals surface area contributed by atoms with E-state index in [4.69, 9.17) is 15.6 Å². The van der Waals surface area contributed by atoms with Crippen LogP contribution >= 0.6 is 0 Å². The van der Waals surface area contributed by atoms with Gasteiger partial charge in [0.15, 0.2) is 0 Å². The van der Waals surface area contributed by atoms with Crippen molar-refractivity contribution < 1.29 is 9.90 Å². The minimum absolute atomic E-state index is 0.0254. The summed E-state index contributed by atoms with van der Waals surface area (Å²) in [6, 6.07) is 9.71. The van der Waals surface area contributed by atoms with Crippen LogP contribution in [-0.2, 0) is 0 Å². The van der Waals surface area contributed by atoms with E-state index in [9.17, 15) is 4.79 Å². The average Bonchev–Trinajstić information content (AvgIpc) is 3.02. The normalized spacial score (nSPS) is 9.24. The van der Waals surface area contributed by atoms with Gasteiger partial charge < -0.3 is 10.4 Å². The van der Waals surface area contributed by atoms with Gasteiger partial charge in [0.25, 0.3) is 0 Å². The molecule has 0 aliphatic carbocycles. The van der Waals surface area contributed by atoms with Gasteiger partial charge in [-0.15, -0.1) is 0 Å². The Bertz CT molecular complexity index is 763. The molecule has 0 unspecified atom stereocenters. The highest BCUT2D eigenvalue weighted by Gasteiger charge is 2.11. The van der Waals surface area contributed by atoms with Crippen LogP contribution in [0.15, 0.2) is 48.4 Å². The fourth-order valence-corrected chi connectivity index (χ4v) is 1.64. The summed E-state index contributed by atoms with van der Waals surface area (Å²) in [7, 11) is 0. The van der Waals surface area contributed by atoms with Crippen LogP contribution in [0.3, 0.4) is 0 Å². The number of hydrogen-bond acceptors (Lipinski definition) is 5. The molecule has 102 valence electrons. The van der Waals surface area contributed by atoms with E-state index < -0.39 is 5.97 Å². The zero-order valence-electron chi connectivity index (χ0n) is 10.7. The number of nitriles is 2. The van der Waals surface area contributed by atoms with E-state index in [2.05, 4.69) is 10.4 Å². The Labute approximate surface area is 120 Å². The van der Waals surface area contributed by atoms with E-state index in [-0.39, 0.29) is 16.8 Å². The molecule has 0 saturated heterocycles. The van der Waals surface area contributed by atoms with Crippen LogP contribution in [0, 0.1) is 22.7 Å². The van der Waals surface area contributed by atoms with Crippen molar-refractivity contribution in [2.24, 2.45) is 0 Å². The van der Waals surface area contributed by atoms with Crippen LogP contribution in [0.1, 0.15) is 10.4 Å². The second kappa shape index (κ2) is 6.04. The fourth-order valence-electron chi connectivity index (χ4n) is 1.64. The van der Waals surface area contributed by atoms with Crippen molar-refractivity contribution in [3.05, 3.63) is 54.0 Å². The summed E-state index contributed by atoms with van der Waals surface area (Å²) in [4.78, 5) is 11.2. The van der Waals surface area contributed by atoms with E-state index in [0.29, 0.717) is 5.69 Å². The summed E-state index contributed by atoms with van der Waals surface area (Å²) < 4.78 is 1.57. The number of carboxylic acid groups (broad SMARTS) is 1. The maximum absolute atomic E-state index is 11.2. The molecule has 7 heteroatoms. The van der Waals surface area contributed by atoms with Gasteiger partial charge >= 0.3 is 5.97 Å². The maximum atomic E-state index is 11.2. The number of hydrogen-bond donors (Lipinski definition) is 2. The molecule has 7 nitrogen and oxygen atoms in total. The van der Waals surface area contributed by atoms with Crippen molar-refractivity contribution in [3.63, 3.8) is 0 Å². The van der Waals surface area contributed by atoms with Crippen molar-refractivity contribution in [2.45, 2.75) is 0 Å². The summed E-state index contributed by atoms with van der Waals surface area (Å²) in [6.45, 7) is 0. The van der Waals surface area contributed by atoms with Crippen LogP contribution in [0.25, 0.3) is 5.69 Å². The molecule has 1 heterocycles. The number of carboxylic acids is 1. The minimum atomic E-state index is -1.12. The lowest BCUT2D eigenvalue weighted by atomic mass is 10.1. The van der Waals surface area contributed by atoms with Crippen molar-refractivity contribution in [2.75, 3.05) is 5.32 Å². The molecule has 0 fully saturated rings. The lowest BCUT2D eigenvalue weighted by molar-refractivity contribution is 0.0698. The van der Waals surface area contributed by atoms with Crippen molar-refractivity contribution in [3.8, 4) is 17.8 Å². The number of anilines is 1. The van der Waals surface area contributed by atoms with Gasteiger partial charge in [-0.2, -0.15) is 15.6 Å². The Morgan fingerprint density at radius 1 is 1.38 bits per heavy atom. The van der Waals surface area contributed by atoms with Crippen LogP contribution in [0.2, 0.25) is 0 Å². The third-order valence-corrected chi connectivity index (χ3v) is 2.62. The van der Waals surface area contributed by atoms with E-state index in [0.717, 1.165) is 6.20 Å². The van der Waals surface area contributed by atoms with Gasteiger partial charge in [0.05, 0.1) is 16.9 Å². The number of carbonyl (C=O) groups is 1. The standard InChI is InChI=1S/C14H9N5O2/c15-7-10(8-16)9-17-13-6-11(19-5-1-4-18-19)2-3-12(13)14(20)21/h1-6,9,17H,(H,20,21). The van der Waals surface area contributed by atoms with Crippen molar-refractivity contribution in [1.29, 1.82) is 10.5 Å². The molecule has 0 aliphatic heterocycles. The molecule has 2 aromatic rings. The topological polar surface area (TPSA) is 115 Å². The molecule has 0 atom stereocenters. The van der Waals surface area contributed by atoms with Gasteiger partial charge in [0.1, 0.15) is 17.7 Å². The van der Waals surface area contributed by atoms with Gasteiger partial charge in [-0.25, -0.2) is 9.48 Å². The molecule has 0 radical (unpaired) electrons. The highest BCUT2D eigenvalue weighted by Crippen LogP contribution is 2.20. The number of aromatic carboxylic acids is 1. The van der Waals surface area contributed by atoms with Gasteiger partial charge in [0.2, 0.25) is 0 Å². The highest BCUT2D eigenvalue weighted by atomic mass is 16.4. The summed E-state index contributed by atoms with van der Waals surface area (Å²) >= 11 is 0. The Balaban J connectivity index is 2.44. The average molecular weight is 279 g/mol. The van der Waals surface area contributed by atoms with Crippen molar-refractivity contribution >= 4 is 11.7 Å². The highest BCUT2D eigenvalue weighted by molar-refractivity contribution is 5.95. The molecule has 0 spiro atoms. The first-order valence-electron chi connectivity index (χ1n) is 5.80. The molecule has 21 heavy (non-hydrogen) atoms. The van der Waals surface area contributed by atoms with Crippen LogP contribution in [-0.4, -0.2) is 20.9 Å². The van der Waals surface area contributed by atoms with Gasteiger partial charge in [-0.1, -0.05) is 0 Å². The summed E-state index contributed by atoms with van der Waals surface area (Å²) in [5.41, 5.74) is 0.781. The number of nitrogens with one attached hydrogen (secondary N) is 1. The molecule has 1 aromatic heterocycles. The van der Waals surface area contributed by atoms with E-state index in [1.165, 1.54) is 6.07 Å². The number of rotatable bonds is 4. The zero-order chi connectivity index (χ0) is 15.2. The lowest BCUT2D eigenvalue weighted by Crippen LogP contribution is -2.04. The first kappa shape index (κ1) is 13.8. The Morgan fingerprint density at radius 3 is 2.71 bits per heavy atom. The number of allylic oxidation sites excluding steroid dienone is 1. The molecule has 0 bridgehead atoms. The number of nitrogens with zero attached hydrogens (tertiary/aromatic N) is 4. The molecule has 0 saturated carbocycles. The molecular formula is C14H9N5O2. The number of benzene rings is 1. The fraction of sp³-hybridized carbons (Fsp3) is 0. The first-order valence-corrected chi connectivity index (χ1v) is 5.80. The monoisotopic (exact) mass is 279 g/mol.